The number of hydrogen-bond donors (Lipinski definition) is 2. The summed E-state index contributed by atoms with van der Waals surface area (Å²) in [6.07, 6.45) is 2.15. The van der Waals surface area contributed by atoms with Gasteiger partial charge >= 0.3 is 0 Å². The van der Waals surface area contributed by atoms with Gasteiger partial charge in [-0.1, -0.05) is 25.4 Å². The van der Waals surface area contributed by atoms with Gasteiger partial charge in [0.25, 0.3) is 0 Å². The van der Waals surface area contributed by atoms with Gasteiger partial charge in [-0.2, -0.15) is 0 Å². The molecular weight excluding hydrogens is 274 g/mol. The fourth-order valence-electron chi connectivity index (χ4n) is 1.67. The van der Waals surface area contributed by atoms with E-state index in [0.29, 0.717) is 5.82 Å². The van der Waals surface area contributed by atoms with Crippen LogP contribution in [0, 0.1) is 5.41 Å². The van der Waals surface area contributed by atoms with E-state index in [1.165, 1.54) is 12.3 Å². The molecule has 0 saturated heterocycles. The second-order valence-corrected chi connectivity index (χ2v) is 7.24. The summed E-state index contributed by atoms with van der Waals surface area (Å²) in [7, 11) is -1.87. The van der Waals surface area contributed by atoms with Crippen LogP contribution in [0.4, 0.5) is 5.82 Å². The van der Waals surface area contributed by atoms with E-state index in [4.69, 9.17) is 11.6 Å². The second kappa shape index (κ2) is 4.36. The van der Waals surface area contributed by atoms with Gasteiger partial charge < -0.3 is 5.32 Å². The SMILES string of the molecule is CNc1ncc(S(=O)(=O)NC2CC2(C)C)cc1Cl. The number of rotatable bonds is 4. The molecule has 1 fully saturated rings. The van der Waals surface area contributed by atoms with Crippen molar-refractivity contribution in [3.05, 3.63) is 17.3 Å². The van der Waals surface area contributed by atoms with Gasteiger partial charge in [-0.15, -0.1) is 0 Å². The van der Waals surface area contributed by atoms with Crippen LogP contribution < -0.4 is 10.0 Å². The zero-order valence-electron chi connectivity index (χ0n) is 10.5. The van der Waals surface area contributed by atoms with Gasteiger partial charge in [0.05, 0.1) is 5.02 Å². The summed E-state index contributed by atoms with van der Waals surface area (Å²) >= 11 is 5.93. The summed E-state index contributed by atoms with van der Waals surface area (Å²) in [5.74, 6) is 0.461. The first-order valence-electron chi connectivity index (χ1n) is 5.62. The van der Waals surface area contributed by atoms with Crippen LogP contribution in [0.5, 0.6) is 0 Å². The summed E-state index contributed by atoms with van der Waals surface area (Å²) < 4.78 is 26.8. The maximum Gasteiger partial charge on any atom is 0.242 e. The Hall–Kier alpha value is -0.850. The van der Waals surface area contributed by atoms with Gasteiger partial charge in [-0.3, -0.25) is 0 Å². The minimum absolute atomic E-state index is 0.00903. The molecule has 18 heavy (non-hydrogen) atoms. The predicted octanol–water partition coefficient (Wildman–Crippen LogP) is 1.85. The van der Waals surface area contributed by atoms with E-state index in [9.17, 15) is 8.42 Å². The molecule has 0 aliphatic heterocycles. The molecule has 0 amide bonds. The lowest BCUT2D eigenvalue weighted by molar-refractivity contribution is 0.554. The third-order valence-corrected chi connectivity index (χ3v) is 4.90. The highest BCUT2D eigenvalue weighted by molar-refractivity contribution is 7.89. The summed E-state index contributed by atoms with van der Waals surface area (Å²) in [6.45, 7) is 4.05. The number of sulfonamides is 1. The zero-order valence-corrected chi connectivity index (χ0v) is 12.1. The summed E-state index contributed by atoms with van der Waals surface area (Å²) in [4.78, 5) is 4.06. The van der Waals surface area contributed by atoms with E-state index < -0.39 is 10.0 Å². The molecule has 2 rings (SSSR count). The minimum atomic E-state index is -3.54. The molecule has 1 aliphatic carbocycles. The molecular formula is C11H16ClN3O2S. The van der Waals surface area contributed by atoms with Crippen molar-refractivity contribution in [2.75, 3.05) is 12.4 Å². The van der Waals surface area contributed by atoms with Crippen LogP contribution in [0.1, 0.15) is 20.3 Å². The lowest BCUT2D eigenvalue weighted by Crippen LogP contribution is -2.28. The normalized spacial score (nSPS) is 21.7. The molecule has 2 N–H and O–H groups in total. The van der Waals surface area contributed by atoms with Gasteiger partial charge in [0.2, 0.25) is 10.0 Å². The van der Waals surface area contributed by atoms with Crippen LogP contribution in [-0.4, -0.2) is 26.5 Å². The molecule has 1 unspecified atom stereocenters. The molecule has 5 nitrogen and oxygen atoms in total. The van der Waals surface area contributed by atoms with Crippen molar-refractivity contribution in [1.82, 2.24) is 9.71 Å². The Kier molecular flexibility index (Phi) is 3.29. The van der Waals surface area contributed by atoms with Crippen molar-refractivity contribution in [3.63, 3.8) is 0 Å². The fraction of sp³-hybridized carbons (Fsp3) is 0.545. The molecule has 0 radical (unpaired) electrons. The molecule has 0 aromatic carbocycles. The van der Waals surface area contributed by atoms with Gasteiger partial charge in [0.1, 0.15) is 10.7 Å². The largest absolute Gasteiger partial charge is 0.372 e. The molecule has 1 aromatic rings. The number of anilines is 1. The fourth-order valence-corrected chi connectivity index (χ4v) is 3.38. The van der Waals surface area contributed by atoms with Gasteiger partial charge in [-0.25, -0.2) is 18.1 Å². The zero-order chi connectivity index (χ0) is 13.6. The van der Waals surface area contributed by atoms with Gasteiger partial charge in [-0.05, 0) is 17.9 Å². The van der Waals surface area contributed by atoms with Crippen LogP contribution in [0.15, 0.2) is 17.2 Å². The highest BCUT2D eigenvalue weighted by Gasteiger charge is 2.47. The monoisotopic (exact) mass is 289 g/mol. The van der Waals surface area contributed by atoms with Crippen molar-refractivity contribution in [3.8, 4) is 0 Å². The van der Waals surface area contributed by atoms with Crippen LogP contribution in [0.3, 0.4) is 0 Å². The number of pyridine rings is 1. The van der Waals surface area contributed by atoms with E-state index in [2.05, 4.69) is 15.0 Å². The molecule has 7 heteroatoms. The summed E-state index contributed by atoms with van der Waals surface area (Å²) in [5.41, 5.74) is 0.0369. The van der Waals surface area contributed by atoms with Gasteiger partial charge in [0, 0.05) is 19.3 Å². The van der Waals surface area contributed by atoms with Crippen molar-refractivity contribution < 1.29 is 8.42 Å². The lowest BCUT2D eigenvalue weighted by Gasteiger charge is -2.09. The average molecular weight is 290 g/mol. The predicted molar refractivity (Wildman–Crippen MR) is 71.3 cm³/mol. The van der Waals surface area contributed by atoms with E-state index in [-0.39, 0.29) is 21.4 Å². The molecule has 100 valence electrons. The van der Waals surface area contributed by atoms with E-state index in [0.717, 1.165) is 6.42 Å². The van der Waals surface area contributed by atoms with Crippen LogP contribution in [0.25, 0.3) is 0 Å². The molecule has 1 heterocycles. The quantitative estimate of drug-likeness (QED) is 0.887. The number of hydrogen-bond acceptors (Lipinski definition) is 4. The molecule has 1 saturated carbocycles. The van der Waals surface area contributed by atoms with Crippen molar-refractivity contribution in [2.24, 2.45) is 5.41 Å². The first-order valence-corrected chi connectivity index (χ1v) is 7.48. The highest BCUT2D eigenvalue weighted by atomic mass is 35.5. The van der Waals surface area contributed by atoms with E-state index >= 15 is 0 Å². The summed E-state index contributed by atoms with van der Waals surface area (Å²) in [5, 5.41) is 3.07. The second-order valence-electron chi connectivity index (χ2n) is 5.12. The average Bonchev–Trinajstić information content (AvgIpc) is 2.84. The third-order valence-electron chi connectivity index (χ3n) is 3.17. The minimum Gasteiger partial charge on any atom is -0.372 e. The van der Waals surface area contributed by atoms with Crippen LogP contribution in [0.2, 0.25) is 5.02 Å². The number of aromatic nitrogens is 1. The Morgan fingerprint density at radius 3 is 2.56 bits per heavy atom. The van der Waals surface area contributed by atoms with E-state index in [1.54, 1.807) is 7.05 Å². The lowest BCUT2D eigenvalue weighted by atomic mass is 10.2. The van der Waals surface area contributed by atoms with Gasteiger partial charge in [0.15, 0.2) is 0 Å². The Balaban J connectivity index is 2.23. The molecule has 0 spiro atoms. The topological polar surface area (TPSA) is 71.1 Å². The Bertz CT molecular complexity index is 572. The third kappa shape index (κ3) is 2.60. The van der Waals surface area contributed by atoms with Crippen LogP contribution >= 0.6 is 11.6 Å². The maximum absolute atomic E-state index is 12.1. The van der Waals surface area contributed by atoms with Crippen LogP contribution in [-0.2, 0) is 10.0 Å². The maximum atomic E-state index is 12.1. The van der Waals surface area contributed by atoms with Crippen molar-refractivity contribution >= 4 is 27.4 Å². The smallest absolute Gasteiger partial charge is 0.242 e. The Morgan fingerprint density at radius 2 is 2.11 bits per heavy atom. The summed E-state index contributed by atoms with van der Waals surface area (Å²) in [6, 6.07) is 1.39. The number of halogens is 1. The number of nitrogens with zero attached hydrogens (tertiary/aromatic N) is 1. The molecule has 1 atom stereocenters. The highest BCUT2D eigenvalue weighted by Crippen LogP contribution is 2.45. The van der Waals surface area contributed by atoms with Crippen molar-refractivity contribution in [2.45, 2.75) is 31.2 Å². The standard InChI is InChI=1S/C11H16ClN3O2S/c1-11(2)5-9(11)15-18(16,17)7-4-8(12)10(13-3)14-6-7/h4,6,9,15H,5H2,1-3H3,(H,13,14). The van der Waals surface area contributed by atoms with E-state index in [1.807, 2.05) is 13.8 Å². The van der Waals surface area contributed by atoms with Crippen molar-refractivity contribution in [1.29, 1.82) is 0 Å². The molecule has 1 aromatic heterocycles. The first kappa shape index (κ1) is 13.6. The molecule has 0 bridgehead atoms. The molecule has 1 aliphatic rings. The Labute approximate surface area is 112 Å². The number of nitrogens with one attached hydrogen (secondary N) is 2. The Morgan fingerprint density at radius 1 is 1.50 bits per heavy atom. The first-order chi connectivity index (χ1) is 8.26.